The van der Waals surface area contributed by atoms with Crippen molar-refractivity contribution in [1.82, 2.24) is 10.9 Å². The first-order valence-corrected chi connectivity index (χ1v) is 7.37. The molecule has 2 N–H and O–H groups in total. The highest BCUT2D eigenvalue weighted by Crippen LogP contribution is 2.24. The van der Waals surface area contributed by atoms with Crippen molar-refractivity contribution in [2.75, 3.05) is 6.61 Å². The molecule has 0 unspecified atom stereocenters. The van der Waals surface area contributed by atoms with Crippen LogP contribution in [0.3, 0.4) is 0 Å². The van der Waals surface area contributed by atoms with Crippen molar-refractivity contribution in [3.8, 4) is 5.75 Å². The molecule has 0 aliphatic carbocycles. The van der Waals surface area contributed by atoms with Crippen LogP contribution in [-0.2, 0) is 4.79 Å². The van der Waals surface area contributed by atoms with Gasteiger partial charge in [0.15, 0.2) is 6.61 Å². The van der Waals surface area contributed by atoms with Crippen molar-refractivity contribution in [2.24, 2.45) is 0 Å². The first kappa shape index (κ1) is 16.7. The number of hydrogen-bond donors (Lipinski definition) is 2. The summed E-state index contributed by atoms with van der Waals surface area (Å²) in [5, 5.41) is 10.7. The average Bonchev–Trinajstić information content (AvgIpc) is 3.02. The van der Waals surface area contributed by atoms with Gasteiger partial charge in [-0.05, 0) is 18.2 Å². The zero-order chi connectivity index (χ0) is 16.8. The topological polar surface area (TPSA) is 111 Å². The van der Waals surface area contributed by atoms with E-state index in [1.165, 1.54) is 12.1 Å². The number of nitro groups is 1. The minimum absolute atomic E-state index is 0.101. The first-order chi connectivity index (χ1) is 11.0. The Labute approximate surface area is 139 Å². The molecule has 0 spiro atoms. The highest BCUT2D eigenvalue weighted by molar-refractivity contribution is 7.17. The minimum Gasteiger partial charge on any atom is -0.482 e. The number of rotatable bonds is 5. The molecular formula is C13H10ClN3O5S. The molecule has 0 saturated carbocycles. The number of amides is 2. The van der Waals surface area contributed by atoms with Crippen LogP contribution in [0.2, 0.25) is 5.02 Å². The number of nitrogens with one attached hydrogen (secondary N) is 2. The summed E-state index contributed by atoms with van der Waals surface area (Å²) in [7, 11) is 0. The fourth-order valence-electron chi connectivity index (χ4n) is 1.48. The third-order valence-corrected chi connectivity index (χ3v) is 3.85. The van der Waals surface area contributed by atoms with Gasteiger partial charge in [-0.2, -0.15) is 0 Å². The van der Waals surface area contributed by atoms with E-state index in [1.54, 1.807) is 24.3 Å². The first-order valence-electron chi connectivity index (χ1n) is 6.18. The number of nitrogens with zero attached hydrogens (tertiary/aromatic N) is 1. The third kappa shape index (κ3) is 4.66. The largest absolute Gasteiger partial charge is 0.482 e. The summed E-state index contributed by atoms with van der Waals surface area (Å²) in [6.07, 6.45) is 0. The van der Waals surface area contributed by atoms with Gasteiger partial charge in [-0.3, -0.25) is 30.6 Å². The lowest BCUT2D eigenvalue weighted by atomic mass is 10.3. The molecule has 0 aliphatic heterocycles. The van der Waals surface area contributed by atoms with Crippen LogP contribution in [0.25, 0.3) is 0 Å². The van der Waals surface area contributed by atoms with Crippen LogP contribution in [0.1, 0.15) is 9.67 Å². The fraction of sp³-hybridized carbons (Fsp3) is 0.0769. The zero-order valence-corrected chi connectivity index (χ0v) is 13.0. The number of hydrazine groups is 1. The van der Waals surface area contributed by atoms with Crippen LogP contribution in [-0.4, -0.2) is 23.3 Å². The van der Waals surface area contributed by atoms with E-state index >= 15 is 0 Å². The van der Waals surface area contributed by atoms with Gasteiger partial charge in [0.05, 0.1) is 9.95 Å². The second-order valence-corrected chi connectivity index (χ2v) is 5.59. The lowest BCUT2D eigenvalue weighted by Crippen LogP contribution is -2.43. The Morgan fingerprint density at radius 2 is 1.96 bits per heavy atom. The Morgan fingerprint density at radius 1 is 1.22 bits per heavy atom. The summed E-state index contributed by atoms with van der Waals surface area (Å²) < 4.78 is 5.19. The molecule has 1 aromatic heterocycles. The monoisotopic (exact) mass is 355 g/mol. The molecule has 1 aromatic carbocycles. The number of carbonyl (C=O) groups excluding carboxylic acids is 2. The molecule has 0 atom stereocenters. The van der Waals surface area contributed by atoms with Gasteiger partial charge < -0.3 is 4.74 Å². The third-order valence-electron chi connectivity index (χ3n) is 2.51. The lowest BCUT2D eigenvalue weighted by Gasteiger charge is -2.08. The van der Waals surface area contributed by atoms with Gasteiger partial charge in [0, 0.05) is 6.07 Å². The number of halogens is 1. The van der Waals surface area contributed by atoms with Gasteiger partial charge in [-0.15, -0.1) is 0 Å². The fourth-order valence-corrected chi connectivity index (χ4v) is 2.38. The summed E-state index contributed by atoms with van der Waals surface area (Å²) in [5.74, 6) is -0.928. The van der Waals surface area contributed by atoms with Gasteiger partial charge in [0.1, 0.15) is 10.6 Å². The lowest BCUT2D eigenvalue weighted by molar-refractivity contribution is -0.380. The van der Waals surface area contributed by atoms with Crippen LogP contribution < -0.4 is 15.6 Å². The predicted octanol–water partition coefficient (Wildman–Crippen LogP) is 2.15. The van der Waals surface area contributed by atoms with Gasteiger partial charge in [-0.25, -0.2) is 0 Å². The van der Waals surface area contributed by atoms with Gasteiger partial charge in [0.25, 0.3) is 11.8 Å². The van der Waals surface area contributed by atoms with Gasteiger partial charge in [0.2, 0.25) is 0 Å². The second-order valence-electron chi connectivity index (χ2n) is 4.12. The molecule has 2 amide bonds. The van der Waals surface area contributed by atoms with Crippen molar-refractivity contribution < 1.29 is 19.2 Å². The van der Waals surface area contributed by atoms with E-state index in [0.29, 0.717) is 22.1 Å². The SMILES string of the molecule is O=C(COc1ccccc1Cl)NNC(=O)c1ccc([N+](=O)[O-])s1. The number of para-hydroxylation sites is 1. The van der Waals surface area contributed by atoms with E-state index in [0.717, 1.165) is 0 Å². The van der Waals surface area contributed by atoms with E-state index in [4.69, 9.17) is 16.3 Å². The molecule has 0 saturated heterocycles. The molecule has 0 fully saturated rings. The standard InChI is InChI=1S/C13H10ClN3O5S/c14-8-3-1-2-4-9(8)22-7-11(18)15-16-13(19)10-5-6-12(23-10)17(20)21/h1-6H,7H2,(H,15,18)(H,16,19). The summed E-state index contributed by atoms with van der Waals surface area (Å²) in [5.41, 5.74) is 4.28. The molecule has 1 heterocycles. The molecule has 120 valence electrons. The van der Waals surface area contributed by atoms with E-state index in [1.807, 2.05) is 0 Å². The number of hydrogen-bond acceptors (Lipinski definition) is 6. The molecule has 0 aliphatic rings. The van der Waals surface area contributed by atoms with E-state index in [-0.39, 0.29) is 16.5 Å². The van der Waals surface area contributed by atoms with Gasteiger partial charge in [-0.1, -0.05) is 35.1 Å². The van der Waals surface area contributed by atoms with Crippen LogP contribution in [0.15, 0.2) is 36.4 Å². The predicted molar refractivity (Wildman–Crippen MR) is 83.5 cm³/mol. The smallest absolute Gasteiger partial charge is 0.324 e. The van der Waals surface area contributed by atoms with Crippen molar-refractivity contribution in [1.29, 1.82) is 0 Å². The highest BCUT2D eigenvalue weighted by atomic mass is 35.5. The summed E-state index contributed by atoms with van der Waals surface area (Å²) in [4.78, 5) is 33.3. The minimum atomic E-state index is -0.658. The number of benzene rings is 1. The maximum absolute atomic E-state index is 11.7. The van der Waals surface area contributed by atoms with E-state index < -0.39 is 16.7 Å². The Kier molecular flexibility index (Phi) is 5.50. The average molecular weight is 356 g/mol. The quantitative estimate of drug-likeness (QED) is 0.630. The molecular weight excluding hydrogens is 346 g/mol. The molecule has 2 rings (SSSR count). The van der Waals surface area contributed by atoms with Crippen LogP contribution >= 0.6 is 22.9 Å². The van der Waals surface area contributed by atoms with Gasteiger partial charge >= 0.3 is 5.00 Å². The van der Waals surface area contributed by atoms with Crippen LogP contribution in [0.4, 0.5) is 5.00 Å². The zero-order valence-electron chi connectivity index (χ0n) is 11.4. The van der Waals surface area contributed by atoms with Crippen molar-refractivity contribution in [2.45, 2.75) is 0 Å². The van der Waals surface area contributed by atoms with Crippen molar-refractivity contribution >= 4 is 39.8 Å². The normalized spacial score (nSPS) is 9.96. The Morgan fingerprint density at radius 3 is 2.61 bits per heavy atom. The molecule has 2 aromatic rings. The highest BCUT2D eigenvalue weighted by Gasteiger charge is 2.15. The Hall–Kier alpha value is -2.65. The number of thiophene rings is 1. The molecule has 0 radical (unpaired) electrons. The summed E-state index contributed by atoms with van der Waals surface area (Å²) >= 11 is 6.56. The Bertz CT molecular complexity index is 749. The van der Waals surface area contributed by atoms with Crippen LogP contribution in [0, 0.1) is 10.1 Å². The number of carbonyl (C=O) groups is 2. The molecule has 0 bridgehead atoms. The van der Waals surface area contributed by atoms with E-state index in [2.05, 4.69) is 10.9 Å². The molecule has 23 heavy (non-hydrogen) atoms. The summed E-state index contributed by atoms with van der Waals surface area (Å²) in [6, 6.07) is 9.13. The van der Waals surface area contributed by atoms with E-state index in [9.17, 15) is 19.7 Å². The maximum Gasteiger partial charge on any atom is 0.324 e. The van der Waals surface area contributed by atoms with Crippen LogP contribution in [0.5, 0.6) is 5.75 Å². The number of ether oxygens (including phenoxy) is 1. The Balaban J connectivity index is 1.80. The van der Waals surface area contributed by atoms with Crippen molar-refractivity contribution in [3.63, 3.8) is 0 Å². The molecule has 8 nitrogen and oxygen atoms in total. The van der Waals surface area contributed by atoms with Crippen molar-refractivity contribution in [3.05, 3.63) is 56.4 Å². The summed E-state index contributed by atoms with van der Waals surface area (Å²) in [6.45, 7) is -0.353. The maximum atomic E-state index is 11.7. The molecule has 10 heteroatoms. The second kappa shape index (κ2) is 7.56.